The molecule has 3 N–H and O–H groups in total. The Balaban J connectivity index is 1.66. The fourth-order valence-electron chi connectivity index (χ4n) is 2.72. The first-order chi connectivity index (χ1) is 11.1. The lowest BCUT2D eigenvalue weighted by molar-refractivity contribution is -0.130. The van der Waals surface area contributed by atoms with Gasteiger partial charge in [0.25, 0.3) is 0 Å². The highest BCUT2D eigenvalue weighted by atomic mass is 16.5. The van der Waals surface area contributed by atoms with Crippen LogP contribution in [0.2, 0.25) is 0 Å². The van der Waals surface area contributed by atoms with Crippen molar-refractivity contribution in [1.82, 2.24) is 15.1 Å². The predicted molar refractivity (Wildman–Crippen MR) is 87.1 cm³/mol. The minimum atomic E-state index is -0.818. The second-order valence-electron chi connectivity index (χ2n) is 6.01. The second kappa shape index (κ2) is 6.52. The maximum Gasteiger partial charge on any atom is 0.240 e. The number of rotatable bonds is 4. The van der Waals surface area contributed by atoms with Crippen LogP contribution in [0.1, 0.15) is 31.4 Å². The first-order valence-corrected chi connectivity index (χ1v) is 7.86. The zero-order valence-electron chi connectivity index (χ0n) is 13.2. The van der Waals surface area contributed by atoms with E-state index < -0.39 is 5.54 Å². The van der Waals surface area contributed by atoms with Gasteiger partial charge in [-0.1, -0.05) is 12.1 Å². The lowest BCUT2D eigenvalue weighted by atomic mass is 9.90. The molecule has 0 radical (unpaired) electrons. The van der Waals surface area contributed by atoms with Gasteiger partial charge in [-0.05, 0) is 43.5 Å². The number of amides is 1. The van der Waals surface area contributed by atoms with Gasteiger partial charge in [-0.3, -0.25) is 4.79 Å². The zero-order chi connectivity index (χ0) is 16.3. The smallest absolute Gasteiger partial charge is 0.240 e. The first kappa shape index (κ1) is 15.7. The highest BCUT2D eigenvalue weighted by Gasteiger charge is 2.36. The average molecular weight is 314 g/mol. The molecule has 0 saturated carbocycles. The molecule has 3 rings (SSSR count). The number of hydrogen-bond acceptors (Lipinski definition) is 4. The quantitative estimate of drug-likeness (QED) is 0.897. The molecule has 1 atom stereocenters. The van der Waals surface area contributed by atoms with Gasteiger partial charge in [-0.15, -0.1) is 0 Å². The Kier molecular flexibility index (Phi) is 4.45. The van der Waals surface area contributed by atoms with Crippen LogP contribution in [-0.2, 0) is 9.53 Å². The number of aromatic nitrogens is 2. The molecule has 0 bridgehead atoms. The van der Waals surface area contributed by atoms with Crippen molar-refractivity contribution >= 4 is 5.91 Å². The van der Waals surface area contributed by atoms with Crippen molar-refractivity contribution in [2.24, 2.45) is 5.73 Å². The molecular weight excluding hydrogens is 292 g/mol. The van der Waals surface area contributed by atoms with Crippen LogP contribution in [0.3, 0.4) is 0 Å². The van der Waals surface area contributed by atoms with Gasteiger partial charge in [-0.2, -0.15) is 5.10 Å². The number of nitrogens with one attached hydrogen (secondary N) is 1. The van der Waals surface area contributed by atoms with Gasteiger partial charge in [0.1, 0.15) is 0 Å². The number of nitrogens with zero attached hydrogens (tertiary/aromatic N) is 2. The number of benzene rings is 1. The van der Waals surface area contributed by atoms with Gasteiger partial charge in [-0.25, -0.2) is 4.68 Å². The SMILES string of the molecule is CC(NC(=O)C1(N)CCOCC1)c1ccc(-n2cccn2)cc1. The van der Waals surface area contributed by atoms with Crippen LogP contribution in [0.15, 0.2) is 42.7 Å². The van der Waals surface area contributed by atoms with Crippen molar-refractivity contribution in [3.8, 4) is 5.69 Å². The van der Waals surface area contributed by atoms with Crippen LogP contribution < -0.4 is 11.1 Å². The van der Waals surface area contributed by atoms with Crippen molar-refractivity contribution in [2.75, 3.05) is 13.2 Å². The van der Waals surface area contributed by atoms with E-state index in [4.69, 9.17) is 10.5 Å². The van der Waals surface area contributed by atoms with E-state index >= 15 is 0 Å². The molecule has 1 amide bonds. The highest BCUT2D eigenvalue weighted by molar-refractivity contribution is 5.86. The molecule has 1 unspecified atom stereocenters. The Morgan fingerprint density at radius 2 is 2.04 bits per heavy atom. The summed E-state index contributed by atoms with van der Waals surface area (Å²) >= 11 is 0. The third-order valence-electron chi connectivity index (χ3n) is 4.35. The number of hydrogen-bond donors (Lipinski definition) is 2. The predicted octanol–water partition coefficient (Wildman–Crippen LogP) is 1.56. The molecular formula is C17H22N4O2. The van der Waals surface area contributed by atoms with Crippen LogP contribution in [0.4, 0.5) is 0 Å². The van der Waals surface area contributed by atoms with Crippen molar-refractivity contribution in [1.29, 1.82) is 0 Å². The van der Waals surface area contributed by atoms with Crippen LogP contribution in [-0.4, -0.2) is 34.4 Å². The summed E-state index contributed by atoms with van der Waals surface area (Å²) in [5.41, 5.74) is 7.41. The lowest BCUT2D eigenvalue weighted by Gasteiger charge is -2.33. The molecule has 6 heteroatoms. The molecule has 6 nitrogen and oxygen atoms in total. The number of carbonyl (C=O) groups excluding carboxylic acids is 1. The molecule has 2 heterocycles. The molecule has 1 aliphatic heterocycles. The molecule has 0 aliphatic carbocycles. The molecule has 2 aromatic rings. The van der Waals surface area contributed by atoms with E-state index in [0.29, 0.717) is 26.1 Å². The summed E-state index contributed by atoms with van der Waals surface area (Å²) in [6.07, 6.45) is 4.75. The van der Waals surface area contributed by atoms with Crippen LogP contribution in [0.5, 0.6) is 0 Å². The molecule has 23 heavy (non-hydrogen) atoms. The number of ether oxygens (including phenoxy) is 1. The van der Waals surface area contributed by atoms with E-state index in [-0.39, 0.29) is 11.9 Å². The summed E-state index contributed by atoms with van der Waals surface area (Å²) in [6.45, 7) is 3.04. The van der Waals surface area contributed by atoms with Gasteiger partial charge in [0.05, 0.1) is 17.3 Å². The zero-order valence-corrected chi connectivity index (χ0v) is 13.2. The Morgan fingerprint density at radius 3 is 2.65 bits per heavy atom. The largest absolute Gasteiger partial charge is 0.381 e. The van der Waals surface area contributed by atoms with E-state index in [2.05, 4.69) is 10.4 Å². The topological polar surface area (TPSA) is 82.2 Å². The summed E-state index contributed by atoms with van der Waals surface area (Å²) in [5.74, 6) is -0.107. The van der Waals surface area contributed by atoms with Gasteiger partial charge in [0.2, 0.25) is 5.91 Å². The molecule has 1 aromatic carbocycles. The number of nitrogens with two attached hydrogens (primary N) is 1. The maximum atomic E-state index is 12.5. The molecule has 1 saturated heterocycles. The van der Waals surface area contributed by atoms with Gasteiger partial charge in [0, 0.05) is 25.6 Å². The summed E-state index contributed by atoms with van der Waals surface area (Å²) in [5, 5.41) is 7.22. The van der Waals surface area contributed by atoms with Crippen LogP contribution in [0, 0.1) is 0 Å². The normalized spacial score (nSPS) is 18.3. The Hall–Kier alpha value is -2.18. The summed E-state index contributed by atoms with van der Waals surface area (Å²) in [7, 11) is 0. The van der Waals surface area contributed by atoms with E-state index in [0.717, 1.165) is 11.3 Å². The van der Waals surface area contributed by atoms with Crippen molar-refractivity contribution in [3.63, 3.8) is 0 Å². The maximum absolute atomic E-state index is 12.5. The fourth-order valence-corrected chi connectivity index (χ4v) is 2.72. The summed E-state index contributed by atoms with van der Waals surface area (Å²) < 4.78 is 7.08. The minimum Gasteiger partial charge on any atom is -0.381 e. The third-order valence-corrected chi connectivity index (χ3v) is 4.35. The van der Waals surface area contributed by atoms with Crippen LogP contribution in [0.25, 0.3) is 5.69 Å². The average Bonchev–Trinajstić information content (AvgIpc) is 3.10. The minimum absolute atomic E-state index is 0.0996. The second-order valence-corrected chi connectivity index (χ2v) is 6.01. The van der Waals surface area contributed by atoms with Crippen molar-refractivity contribution in [2.45, 2.75) is 31.3 Å². The monoisotopic (exact) mass is 314 g/mol. The molecule has 122 valence electrons. The van der Waals surface area contributed by atoms with E-state index in [1.165, 1.54) is 0 Å². The lowest BCUT2D eigenvalue weighted by Crippen LogP contribution is -2.57. The molecule has 0 spiro atoms. The van der Waals surface area contributed by atoms with E-state index in [9.17, 15) is 4.79 Å². The first-order valence-electron chi connectivity index (χ1n) is 7.86. The third kappa shape index (κ3) is 3.43. The van der Waals surface area contributed by atoms with Crippen molar-refractivity contribution in [3.05, 3.63) is 48.3 Å². The Bertz CT molecular complexity index is 646. The number of carbonyl (C=O) groups is 1. The van der Waals surface area contributed by atoms with Gasteiger partial charge >= 0.3 is 0 Å². The highest BCUT2D eigenvalue weighted by Crippen LogP contribution is 2.21. The molecule has 1 aliphatic rings. The standard InChI is InChI=1S/C17H22N4O2/c1-13(20-16(22)17(18)7-11-23-12-8-17)14-3-5-15(6-4-14)21-10-2-9-19-21/h2-6,9-10,13H,7-8,11-12,18H2,1H3,(H,20,22). The van der Waals surface area contributed by atoms with E-state index in [1.807, 2.05) is 43.5 Å². The van der Waals surface area contributed by atoms with Crippen LogP contribution >= 0.6 is 0 Å². The summed E-state index contributed by atoms with van der Waals surface area (Å²) in [4.78, 5) is 12.5. The Morgan fingerprint density at radius 1 is 1.35 bits per heavy atom. The fraction of sp³-hybridized carbons (Fsp3) is 0.412. The van der Waals surface area contributed by atoms with Gasteiger partial charge in [0.15, 0.2) is 0 Å². The Labute approximate surface area is 135 Å². The van der Waals surface area contributed by atoms with Crippen molar-refractivity contribution < 1.29 is 9.53 Å². The van der Waals surface area contributed by atoms with E-state index in [1.54, 1.807) is 10.9 Å². The van der Waals surface area contributed by atoms with Gasteiger partial charge < -0.3 is 15.8 Å². The molecule has 1 fully saturated rings. The molecule has 1 aromatic heterocycles. The summed E-state index contributed by atoms with van der Waals surface area (Å²) in [6, 6.07) is 9.74.